The normalized spacial score (nSPS) is 20.2. The van der Waals surface area contributed by atoms with Gasteiger partial charge < -0.3 is 9.64 Å². The van der Waals surface area contributed by atoms with Crippen LogP contribution in [0.5, 0.6) is 0 Å². The number of halogens is 1. The molecule has 2 aromatic rings. The molecule has 0 N–H and O–H groups in total. The molecule has 6 heteroatoms. The molecule has 1 aliphatic heterocycles. The van der Waals surface area contributed by atoms with Crippen LogP contribution >= 0.6 is 22.9 Å². The number of rotatable bonds is 2. The number of ether oxygens (including phenoxy) is 1. The zero-order chi connectivity index (χ0) is 13.4. The number of hydrogen-bond acceptors (Lipinski definition) is 5. The van der Waals surface area contributed by atoms with Crippen molar-refractivity contribution in [3.63, 3.8) is 0 Å². The fourth-order valence-electron chi connectivity index (χ4n) is 2.41. The van der Waals surface area contributed by atoms with Crippen molar-refractivity contribution in [1.82, 2.24) is 9.97 Å². The van der Waals surface area contributed by atoms with Gasteiger partial charge in [0.05, 0.1) is 24.0 Å². The van der Waals surface area contributed by atoms with Gasteiger partial charge in [-0.1, -0.05) is 0 Å². The monoisotopic (exact) mass is 297 g/mol. The van der Waals surface area contributed by atoms with E-state index in [0.29, 0.717) is 12.5 Å². The van der Waals surface area contributed by atoms with Crippen LogP contribution in [-0.4, -0.2) is 41.6 Å². The van der Waals surface area contributed by atoms with Gasteiger partial charge in [0.25, 0.3) is 0 Å². The van der Waals surface area contributed by atoms with Crippen LogP contribution in [0.25, 0.3) is 10.2 Å². The van der Waals surface area contributed by atoms with Gasteiger partial charge in [-0.2, -0.15) is 0 Å². The molecule has 19 heavy (non-hydrogen) atoms. The molecule has 0 radical (unpaired) electrons. The molecule has 0 amide bonds. The lowest BCUT2D eigenvalue weighted by Gasteiger charge is -2.33. The van der Waals surface area contributed by atoms with Crippen LogP contribution in [0.15, 0.2) is 6.33 Å². The molecule has 102 valence electrons. The van der Waals surface area contributed by atoms with Crippen molar-refractivity contribution in [2.75, 3.05) is 30.5 Å². The summed E-state index contributed by atoms with van der Waals surface area (Å²) in [7, 11) is 0. The second-order valence-corrected chi connectivity index (χ2v) is 6.27. The summed E-state index contributed by atoms with van der Waals surface area (Å²) in [4.78, 5) is 13.5. The highest BCUT2D eigenvalue weighted by molar-refractivity contribution is 7.18. The van der Waals surface area contributed by atoms with Gasteiger partial charge in [0.1, 0.15) is 17.0 Å². The predicted molar refractivity (Wildman–Crippen MR) is 79.6 cm³/mol. The minimum atomic E-state index is 0.0838. The van der Waals surface area contributed by atoms with E-state index in [1.165, 1.54) is 15.8 Å². The van der Waals surface area contributed by atoms with Gasteiger partial charge in [-0.15, -0.1) is 22.9 Å². The van der Waals surface area contributed by atoms with Crippen LogP contribution < -0.4 is 4.90 Å². The minimum Gasteiger partial charge on any atom is -0.373 e. The Morgan fingerprint density at radius 1 is 1.47 bits per heavy atom. The van der Waals surface area contributed by atoms with Crippen molar-refractivity contribution < 1.29 is 4.74 Å². The maximum Gasteiger partial charge on any atom is 0.141 e. The summed E-state index contributed by atoms with van der Waals surface area (Å²) in [5.41, 5.74) is 1.28. The summed E-state index contributed by atoms with van der Waals surface area (Å²) in [5.74, 6) is 1.54. The van der Waals surface area contributed by atoms with Crippen molar-refractivity contribution in [2.45, 2.75) is 20.0 Å². The Morgan fingerprint density at radius 3 is 3.11 bits per heavy atom. The quantitative estimate of drug-likeness (QED) is 0.799. The standard InChI is InChI=1S/C13H16ClN3OS/c1-8-9(2)19-13-11(8)12(15-7-16-13)17-3-4-18-10(5-14)6-17/h7,10H,3-6H2,1-2H3. The highest BCUT2D eigenvalue weighted by atomic mass is 35.5. The van der Waals surface area contributed by atoms with Gasteiger partial charge in [0, 0.05) is 18.0 Å². The second kappa shape index (κ2) is 5.23. The van der Waals surface area contributed by atoms with Crippen LogP contribution in [0.1, 0.15) is 10.4 Å². The third-order valence-electron chi connectivity index (χ3n) is 3.56. The van der Waals surface area contributed by atoms with E-state index >= 15 is 0 Å². The molecule has 1 unspecified atom stereocenters. The zero-order valence-electron chi connectivity index (χ0n) is 11.0. The molecule has 3 heterocycles. The molecule has 0 saturated carbocycles. The summed E-state index contributed by atoms with van der Waals surface area (Å²) >= 11 is 7.63. The van der Waals surface area contributed by atoms with E-state index in [1.807, 2.05) is 0 Å². The fourth-order valence-corrected chi connectivity index (χ4v) is 3.59. The van der Waals surface area contributed by atoms with Gasteiger partial charge in [-0.05, 0) is 19.4 Å². The summed E-state index contributed by atoms with van der Waals surface area (Å²) in [6, 6.07) is 0. The van der Waals surface area contributed by atoms with Crippen molar-refractivity contribution in [3.05, 3.63) is 16.8 Å². The number of hydrogen-bond donors (Lipinski definition) is 0. The summed E-state index contributed by atoms with van der Waals surface area (Å²) in [5, 5.41) is 1.18. The largest absolute Gasteiger partial charge is 0.373 e. The fraction of sp³-hybridized carbons (Fsp3) is 0.538. The molecule has 0 spiro atoms. The van der Waals surface area contributed by atoms with E-state index in [0.717, 1.165) is 23.7 Å². The second-order valence-electron chi connectivity index (χ2n) is 4.75. The Hall–Kier alpha value is -0.910. The highest BCUT2D eigenvalue weighted by Crippen LogP contribution is 2.34. The van der Waals surface area contributed by atoms with Crippen LogP contribution in [0.4, 0.5) is 5.82 Å². The number of nitrogens with zero attached hydrogens (tertiary/aromatic N) is 3. The maximum absolute atomic E-state index is 5.90. The Labute approximate surface area is 121 Å². The third-order valence-corrected chi connectivity index (χ3v) is 5.02. The predicted octanol–water partition coefficient (Wildman–Crippen LogP) is 2.75. The van der Waals surface area contributed by atoms with Gasteiger partial charge in [0.2, 0.25) is 0 Å². The lowest BCUT2D eigenvalue weighted by atomic mass is 10.2. The number of anilines is 1. The van der Waals surface area contributed by atoms with Gasteiger partial charge in [0.15, 0.2) is 0 Å². The van der Waals surface area contributed by atoms with Gasteiger partial charge in [-0.25, -0.2) is 9.97 Å². The Bertz CT molecular complexity index is 601. The summed E-state index contributed by atoms with van der Waals surface area (Å²) < 4.78 is 5.61. The SMILES string of the molecule is Cc1sc2ncnc(N3CCOC(CCl)C3)c2c1C. The van der Waals surface area contributed by atoms with E-state index in [1.54, 1.807) is 17.7 Å². The molecule has 2 aromatic heterocycles. The first kappa shape index (κ1) is 13.1. The zero-order valence-corrected chi connectivity index (χ0v) is 12.6. The first-order chi connectivity index (χ1) is 9.20. The Morgan fingerprint density at radius 2 is 2.32 bits per heavy atom. The Kier molecular flexibility index (Phi) is 3.60. The van der Waals surface area contributed by atoms with E-state index < -0.39 is 0 Å². The van der Waals surface area contributed by atoms with Crippen molar-refractivity contribution in [3.8, 4) is 0 Å². The topological polar surface area (TPSA) is 38.2 Å². The van der Waals surface area contributed by atoms with Crippen LogP contribution in [0, 0.1) is 13.8 Å². The molecule has 1 atom stereocenters. The average molecular weight is 298 g/mol. The number of aryl methyl sites for hydroxylation is 2. The van der Waals surface area contributed by atoms with Crippen molar-refractivity contribution >= 4 is 39.0 Å². The van der Waals surface area contributed by atoms with Crippen LogP contribution in [-0.2, 0) is 4.74 Å². The Balaban J connectivity index is 2.04. The van der Waals surface area contributed by atoms with E-state index in [2.05, 4.69) is 28.7 Å². The molecule has 0 aliphatic carbocycles. The number of alkyl halides is 1. The van der Waals surface area contributed by atoms with E-state index in [9.17, 15) is 0 Å². The van der Waals surface area contributed by atoms with Gasteiger partial charge in [-0.3, -0.25) is 0 Å². The third kappa shape index (κ3) is 2.30. The first-order valence-corrected chi connectivity index (χ1v) is 7.69. The van der Waals surface area contributed by atoms with Crippen LogP contribution in [0.3, 0.4) is 0 Å². The lowest BCUT2D eigenvalue weighted by Crippen LogP contribution is -2.43. The average Bonchev–Trinajstić information content (AvgIpc) is 2.74. The number of fused-ring (bicyclic) bond motifs is 1. The summed E-state index contributed by atoms with van der Waals surface area (Å²) in [6.45, 7) is 6.62. The minimum absolute atomic E-state index is 0.0838. The molecular weight excluding hydrogens is 282 g/mol. The first-order valence-electron chi connectivity index (χ1n) is 6.34. The lowest BCUT2D eigenvalue weighted by molar-refractivity contribution is 0.0553. The number of aromatic nitrogens is 2. The molecule has 0 aromatic carbocycles. The van der Waals surface area contributed by atoms with E-state index in [-0.39, 0.29) is 6.10 Å². The van der Waals surface area contributed by atoms with Gasteiger partial charge >= 0.3 is 0 Å². The van der Waals surface area contributed by atoms with E-state index in [4.69, 9.17) is 16.3 Å². The van der Waals surface area contributed by atoms with Crippen LogP contribution in [0.2, 0.25) is 0 Å². The molecule has 1 fully saturated rings. The molecule has 4 nitrogen and oxygen atoms in total. The molecule has 1 aliphatic rings. The molecule has 0 bridgehead atoms. The van der Waals surface area contributed by atoms with Crippen molar-refractivity contribution in [1.29, 1.82) is 0 Å². The summed E-state index contributed by atoms with van der Waals surface area (Å²) in [6.07, 6.45) is 1.73. The maximum atomic E-state index is 5.90. The number of thiophene rings is 1. The highest BCUT2D eigenvalue weighted by Gasteiger charge is 2.23. The molecule has 1 saturated heterocycles. The smallest absolute Gasteiger partial charge is 0.141 e. The number of morpholine rings is 1. The molecular formula is C13H16ClN3OS. The molecule has 3 rings (SSSR count). The van der Waals surface area contributed by atoms with Crippen molar-refractivity contribution in [2.24, 2.45) is 0 Å².